The molecule has 2 unspecified atom stereocenters. The summed E-state index contributed by atoms with van der Waals surface area (Å²) in [5.41, 5.74) is -0.197. The molecule has 3 heterocycles. The zero-order valence-corrected chi connectivity index (χ0v) is 27.7. The first-order valence-electron chi connectivity index (χ1n) is 16.2. The van der Waals surface area contributed by atoms with Gasteiger partial charge in [0, 0.05) is 64.8 Å². The number of hydrogen-bond donors (Lipinski definition) is 10. The Bertz CT molecular complexity index is 2430. The van der Waals surface area contributed by atoms with Crippen molar-refractivity contribution >= 4 is 11.7 Å². The number of fused-ring (bicyclic) bond motifs is 8. The van der Waals surface area contributed by atoms with Gasteiger partial charge in [0.05, 0.1) is 10.5 Å². The molecule has 0 spiro atoms. The van der Waals surface area contributed by atoms with E-state index in [4.69, 9.17) is 18.9 Å². The maximum absolute atomic E-state index is 13.4. The van der Waals surface area contributed by atoms with Gasteiger partial charge in [-0.1, -0.05) is 0 Å². The average Bonchev–Trinajstić information content (AvgIpc) is 3.14. The number of hydrogen-bond acceptors (Lipinski definition) is 17. The minimum absolute atomic E-state index is 0.0179. The van der Waals surface area contributed by atoms with E-state index in [1.165, 1.54) is 24.3 Å². The molecule has 0 saturated carbocycles. The SMILES string of the molecule is O=C(O[C@H]1Cc2c(O)cc3c(c2O[C@@H]1c1cc(O)c(O)c(O)c1)C1CC(c2cc(O)c(O)c(O)c2)(Oc2ccc([N+](=O)[O-])cc21)O3)c1cc(O)c(O)c(O)c1. The Morgan fingerprint density at radius 2 is 1.29 bits per heavy atom. The third-order valence-corrected chi connectivity index (χ3v) is 9.79. The van der Waals surface area contributed by atoms with Gasteiger partial charge in [0.15, 0.2) is 57.8 Å². The third kappa shape index (κ3) is 5.37. The van der Waals surface area contributed by atoms with E-state index in [0.29, 0.717) is 0 Å². The van der Waals surface area contributed by atoms with Crippen LogP contribution < -0.4 is 14.2 Å². The maximum atomic E-state index is 13.4. The second-order valence-electron chi connectivity index (χ2n) is 13.1. The minimum Gasteiger partial charge on any atom is -0.507 e. The molecular weight excluding hydrogens is 730 g/mol. The molecule has 55 heavy (non-hydrogen) atoms. The lowest BCUT2D eigenvalue weighted by Gasteiger charge is -2.47. The lowest BCUT2D eigenvalue weighted by atomic mass is 9.76. The van der Waals surface area contributed by atoms with Crippen molar-refractivity contribution in [3.63, 3.8) is 0 Å². The van der Waals surface area contributed by atoms with Crippen LogP contribution in [0.1, 0.15) is 56.6 Å². The molecule has 0 aliphatic carbocycles. The fraction of sp³-hybridized carbons (Fsp3) is 0.162. The molecule has 2 bridgehead atoms. The number of rotatable bonds is 5. The molecule has 3 aliphatic heterocycles. The molecule has 8 rings (SSSR count). The van der Waals surface area contributed by atoms with Gasteiger partial charge in [-0.25, -0.2) is 4.79 Å². The smallest absolute Gasteiger partial charge is 0.338 e. The summed E-state index contributed by atoms with van der Waals surface area (Å²) in [5, 5.41) is 115. The highest BCUT2D eigenvalue weighted by molar-refractivity contribution is 5.91. The monoisotopic (exact) mass is 757 g/mol. The number of nitro groups is 1. The minimum atomic E-state index is -1.87. The highest BCUT2D eigenvalue weighted by atomic mass is 16.7. The lowest BCUT2D eigenvalue weighted by Crippen LogP contribution is -2.47. The summed E-state index contributed by atoms with van der Waals surface area (Å²) in [5.74, 6) is -11.7. The van der Waals surface area contributed by atoms with Gasteiger partial charge in [-0.05, 0) is 42.5 Å². The van der Waals surface area contributed by atoms with E-state index < -0.39 is 97.9 Å². The van der Waals surface area contributed by atoms with Crippen LogP contribution >= 0.6 is 0 Å². The first kappa shape index (κ1) is 34.5. The van der Waals surface area contributed by atoms with Crippen molar-refractivity contribution in [1.82, 2.24) is 0 Å². The molecule has 0 amide bonds. The standard InChI is InChI=1S/C37H27NO17/c39-20-11-28-30(19-12-37(55-28,15-7-25(44)33(48)26(45)8-15)54-27-2-1-16(38(50)51)9-17(19)27)35-18(20)10-29(34(53-35)13-3-21(40)31(46)22(41)4-13)52-36(49)14-5-23(42)32(47)24(43)6-14/h1-9,11,19,29,34,39-48H,10,12H2/t19?,29-,34+,37?/m0/s1. The lowest BCUT2D eigenvalue weighted by molar-refractivity contribution is -0.385. The molecular formula is C37H27NO17. The quantitative estimate of drug-likeness (QED) is 0.0502. The molecule has 4 atom stereocenters. The van der Waals surface area contributed by atoms with Gasteiger partial charge in [-0.3, -0.25) is 10.1 Å². The Balaban J connectivity index is 1.31. The second kappa shape index (κ2) is 12.0. The van der Waals surface area contributed by atoms with Gasteiger partial charge in [0.1, 0.15) is 29.1 Å². The zero-order valence-electron chi connectivity index (χ0n) is 27.7. The van der Waals surface area contributed by atoms with Crippen molar-refractivity contribution in [2.24, 2.45) is 0 Å². The maximum Gasteiger partial charge on any atom is 0.338 e. The molecule has 0 saturated heterocycles. The molecule has 10 N–H and O–H groups in total. The van der Waals surface area contributed by atoms with Crippen LogP contribution in [0.25, 0.3) is 0 Å². The number of nitrogens with zero attached hydrogens (tertiary/aromatic N) is 1. The fourth-order valence-electron chi connectivity index (χ4n) is 7.21. The van der Waals surface area contributed by atoms with E-state index in [9.17, 15) is 66.0 Å². The number of benzene rings is 5. The highest BCUT2D eigenvalue weighted by Gasteiger charge is 2.53. The first-order valence-corrected chi connectivity index (χ1v) is 16.2. The summed E-state index contributed by atoms with van der Waals surface area (Å²) >= 11 is 0. The summed E-state index contributed by atoms with van der Waals surface area (Å²) in [6.07, 6.45) is -3.36. The number of phenolic OH excluding ortho intramolecular Hbond substituents is 10. The fourth-order valence-corrected chi connectivity index (χ4v) is 7.21. The molecule has 18 heteroatoms. The third-order valence-electron chi connectivity index (χ3n) is 9.79. The summed E-state index contributed by atoms with van der Waals surface area (Å²) < 4.78 is 25.0. The normalized spacial score (nSPS) is 20.4. The van der Waals surface area contributed by atoms with Gasteiger partial charge in [0.25, 0.3) is 11.5 Å². The van der Waals surface area contributed by atoms with Crippen LogP contribution in [0.3, 0.4) is 0 Å². The number of esters is 1. The number of carbonyl (C=O) groups is 1. The Morgan fingerprint density at radius 3 is 1.89 bits per heavy atom. The van der Waals surface area contributed by atoms with Crippen molar-refractivity contribution in [3.8, 4) is 74.7 Å². The highest BCUT2D eigenvalue weighted by Crippen LogP contribution is 2.61. The van der Waals surface area contributed by atoms with E-state index in [0.717, 1.165) is 36.4 Å². The van der Waals surface area contributed by atoms with Crippen LogP contribution in [0.2, 0.25) is 0 Å². The summed E-state index contributed by atoms with van der Waals surface area (Å²) in [4.78, 5) is 24.7. The summed E-state index contributed by atoms with van der Waals surface area (Å²) in [6.45, 7) is 0. The van der Waals surface area contributed by atoms with Crippen molar-refractivity contribution in [3.05, 3.63) is 104 Å². The van der Waals surface area contributed by atoms with Crippen LogP contribution in [0.5, 0.6) is 74.7 Å². The van der Waals surface area contributed by atoms with Gasteiger partial charge in [-0.15, -0.1) is 0 Å². The van der Waals surface area contributed by atoms with Crippen LogP contribution in [0, 0.1) is 10.1 Å². The van der Waals surface area contributed by atoms with Crippen LogP contribution in [-0.4, -0.2) is 68.1 Å². The topological polar surface area (TPSA) is 299 Å². The van der Waals surface area contributed by atoms with Crippen molar-refractivity contribution in [1.29, 1.82) is 0 Å². The second-order valence-corrected chi connectivity index (χ2v) is 13.1. The Kier molecular flexibility index (Phi) is 7.49. The predicted octanol–water partition coefficient (Wildman–Crippen LogP) is 4.71. The zero-order chi connectivity index (χ0) is 39.2. The molecule has 0 fully saturated rings. The van der Waals surface area contributed by atoms with E-state index in [-0.39, 0.29) is 63.6 Å². The van der Waals surface area contributed by atoms with Crippen molar-refractivity contribution in [2.45, 2.75) is 36.8 Å². The molecule has 0 radical (unpaired) electrons. The van der Waals surface area contributed by atoms with Gasteiger partial charge in [0.2, 0.25) is 0 Å². The van der Waals surface area contributed by atoms with Gasteiger partial charge >= 0.3 is 5.97 Å². The van der Waals surface area contributed by atoms with Crippen LogP contribution in [0.15, 0.2) is 60.7 Å². The molecule has 3 aliphatic rings. The number of non-ortho nitro benzene ring substituents is 1. The van der Waals surface area contributed by atoms with E-state index in [1.807, 2.05) is 0 Å². The average molecular weight is 758 g/mol. The molecule has 282 valence electrons. The van der Waals surface area contributed by atoms with E-state index >= 15 is 0 Å². The number of aromatic hydroxyl groups is 10. The molecule has 5 aromatic carbocycles. The van der Waals surface area contributed by atoms with Crippen LogP contribution in [-0.2, 0) is 16.9 Å². The van der Waals surface area contributed by atoms with Crippen molar-refractivity contribution < 1.29 is 79.7 Å². The molecule has 18 nitrogen and oxygen atoms in total. The van der Waals surface area contributed by atoms with Crippen molar-refractivity contribution in [2.75, 3.05) is 0 Å². The van der Waals surface area contributed by atoms with Gasteiger partial charge < -0.3 is 70.0 Å². The predicted molar refractivity (Wildman–Crippen MR) is 181 cm³/mol. The van der Waals surface area contributed by atoms with E-state index in [2.05, 4.69) is 0 Å². The Labute approximate surface area is 306 Å². The van der Waals surface area contributed by atoms with Gasteiger partial charge in [-0.2, -0.15) is 0 Å². The first-order chi connectivity index (χ1) is 26.0. The molecule has 0 aromatic heterocycles. The molecule has 5 aromatic rings. The summed E-state index contributed by atoms with van der Waals surface area (Å²) in [7, 11) is 0. The number of carbonyl (C=O) groups excluding carboxylic acids is 1. The largest absolute Gasteiger partial charge is 0.507 e. The number of ether oxygens (including phenoxy) is 4. The number of nitro benzene ring substituents is 1. The Morgan fingerprint density at radius 1 is 0.727 bits per heavy atom. The summed E-state index contributed by atoms with van der Waals surface area (Å²) in [6, 6.07) is 10.9. The Hall–Kier alpha value is -7.63. The van der Waals surface area contributed by atoms with E-state index in [1.54, 1.807) is 0 Å². The van der Waals surface area contributed by atoms with Crippen LogP contribution in [0.4, 0.5) is 5.69 Å². The number of phenols is 10.